The van der Waals surface area contributed by atoms with Gasteiger partial charge in [0.1, 0.15) is 0 Å². The van der Waals surface area contributed by atoms with E-state index in [1.54, 1.807) is 0 Å². The smallest absolute Gasteiger partial charge is 0.321 e. The zero-order valence-electron chi connectivity index (χ0n) is 17.1. The summed E-state index contributed by atoms with van der Waals surface area (Å²) in [6.45, 7) is 7.46. The van der Waals surface area contributed by atoms with Crippen molar-refractivity contribution in [2.45, 2.75) is 13.8 Å². The first-order valence-electron chi connectivity index (χ1n) is 10.1. The van der Waals surface area contributed by atoms with Crippen LogP contribution in [-0.4, -0.2) is 37.1 Å². The highest BCUT2D eigenvalue weighted by atomic mass is 16.2. The minimum absolute atomic E-state index is 0.0296. The fraction of sp³-hybridized carbons (Fsp3) is 0.240. The first-order chi connectivity index (χ1) is 14.1. The monoisotopic (exact) mass is 385 g/mol. The van der Waals surface area contributed by atoms with E-state index in [-0.39, 0.29) is 6.03 Å². The maximum absolute atomic E-state index is 12.7. The Hall–Kier alpha value is -3.27. The van der Waals surface area contributed by atoms with Crippen LogP contribution >= 0.6 is 0 Å². The van der Waals surface area contributed by atoms with Crippen LogP contribution in [0.4, 0.5) is 16.2 Å². The summed E-state index contributed by atoms with van der Waals surface area (Å²) in [5.41, 5.74) is 7.05. The molecule has 1 heterocycles. The lowest BCUT2D eigenvalue weighted by molar-refractivity contribution is 0.208. The largest absolute Gasteiger partial charge is 0.368 e. The lowest BCUT2D eigenvalue weighted by Gasteiger charge is -2.37. The van der Waals surface area contributed by atoms with E-state index in [1.165, 1.54) is 22.4 Å². The molecule has 0 unspecified atom stereocenters. The molecular weight excluding hydrogens is 358 g/mol. The molecule has 1 N–H and O–H groups in total. The lowest BCUT2D eigenvalue weighted by Crippen LogP contribution is -2.50. The van der Waals surface area contributed by atoms with Crippen molar-refractivity contribution in [2.75, 3.05) is 36.4 Å². The van der Waals surface area contributed by atoms with Crippen molar-refractivity contribution in [1.29, 1.82) is 0 Å². The number of benzene rings is 3. The van der Waals surface area contributed by atoms with Crippen LogP contribution in [-0.2, 0) is 0 Å². The highest BCUT2D eigenvalue weighted by Crippen LogP contribution is 2.24. The normalized spacial score (nSPS) is 14.0. The van der Waals surface area contributed by atoms with Gasteiger partial charge in [-0.25, -0.2) is 4.79 Å². The number of hydrogen-bond acceptors (Lipinski definition) is 2. The molecule has 1 aliphatic rings. The van der Waals surface area contributed by atoms with Gasteiger partial charge >= 0.3 is 6.03 Å². The zero-order chi connectivity index (χ0) is 20.2. The number of nitrogens with one attached hydrogen (secondary N) is 1. The highest BCUT2D eigenvalue weighted by Gasteiger charge is 2.22. The van der Waals surface area contributed by atoms with Crippen molar-refractivity contribution in [3.05, 3.63) is 83.9 Å². The van der Waals surface area contributed by atoms with Gasteiger partial charge in [-0.3, -0.25) is 0 Å². The van der Waals surface area contributed by atoms with Crippen LogP contribution in [0, 0.1) is 13.8 Å². The molecule has 1 fully saturated rings. The lowest BCUT2D eigenvalue weighted by atomic mass is 10.1. The fourth-order valence-electron chi connectivity index (χ4n) is 3.81. The van der Waals surface area contributed by atoms with Crippen molar-refractivity contribution < 1.29 is 4.79 Å². The molecule has 1 aliphatic heterocycles. The molecule has 1 saturated heterocycles. The van der Waals surface area contributed by atoms with E-state index in [2.05, 4.69) is 54.4 Å². The Morgan fingerprint density at radius 1 is 0.759 bits per heavy atom. The number of carbonyl (C=O) groups is 1. The third-order valence-corrected chi connectivity index (χ3v) is 5.73. The van der Waals surface area contributed by atoms with E-state index in [0.29, 0.717) is 0 Å². The van der Waals surface area contributed by atoms with Gasteiger partial charge in [0.2, 0.25) is 0 Å². The predicted molar refractivity (Wildman–Crippen MR) is 121 cm³/mol. The van der Waals surface area contributed by atoms with Gasteiger partial charge in [-0.05, 0) is 54.3 Å². The van der Waals surface area contributed by atoms with Gasteiger partial charge < -0.3 is 15.1 Å². The summed E-state index contributed by atoms with van der Waals surface area (Å²) in [7, 11) is 0. The zero-order valence-corrected chi connectivity index (χ0v) is 17.1. The molecule has 0 radical (unpaired) electrons. The molecule has 148 valence electrons. The number of rotatable bonds is 3. The molecule has 0 atom stereocenters. The van der Waals surface area contributed by atoms with E-state index in [9.17, 15) is 4.79 Å². The molecule has 0 spiro atoms. The molecule has 0 aliphatic carbocycles. The quantitative estimate of drug-likeness (QED) is 0.662. The Kier molecular flexibility index (Phi) is 5.52. The van der Waals surface area contributed by atoms with Crippen molar-refractivity contribution >= 4 is 17.4 Å². The molecule has 4 heteroatoms. The molecule has 4 rings (SSSR count). The van der Waals surface area contributed by atoms with E-state index < -0.39 is 0 Å². The fourth-order valence-corrected chi connectivity index (χ4v) is 3.81. The number of nitrogens with zero attached hydrogens (tertiary/aromatic N) is 2. The van der Waals surface area contributed by atoms with Gasteiger partial charge in [-0.15, -0.1) is 0 Å². The van der Waals surface area contributed by atoms with E-state index in [1.807, 2.05) is 47.4 Å². The number of piperazine rings is 1. The van der Waals surface area contributed by atoms with Gasteiger partial charge in [0.25, 0.3) is 0 Å². The summed E-state index contributed by atoms with van der Waals surface area (Å²) in [6, 6.07) is 24.7. The molecule has 0 aromatic heterocycles. The van der Waals surface area contributed by atoms with Crippen molar-refractivity contribution in [3.8, 4) is 11.1 Å². The second-order valence-electron chi connectivity index (χ2n) is 7.57. The van der Waals surface area contributed by atoms with Crippen molar-refractivity contribution in [1.82, 2.24) is 4.90 Å². The summed E-state index contributed by atoms with van der Waals surface area (Å²) >= 11 is 0. The number of aryl methyl sites for hydroxylation is 1. The standard InChI is InChI=1S/C25H27N3O/c1-19-7-6-10-24(20(19)2)27-15-17-28(18-16-27)25(29)26-23-13-11-22(12-14-23)21-8-4-3-5-9-21/h3-14H,15-18H2,1-2H3,(H,26,29). The Morgan fingerprint density at radius 2 is 1.41 bits per heavy atom. The average Bonchev–Trinajstić information content (AvgIpc) is 2.77. The summed E-state index contributed by atoms with van der Waals surface area (Å²) in [6.07, 6.45) is 0. The topological polar surface area (TPSA) is 35.6 Å². The minimum Gasteiger partial charge on any atom is -0.368 e. The first-order valence-corrected chi connectivity index (χ1v) is 10.1. The van der Waals surface area contributed by atoms with Crippen LogP contribution in [0.15, 0.2) is 72.8 Å². The molecule has 0 bridgehead atoms. The van der Waals surface area contributed by atoms with E-state index in [0.717, 1.165) is 37.4 Å². The maximum Gasteiger partial charge on any atom is 0.321 e. The second-order valence-corrected chi connectivity index (χ2v) is 7.57. The molecule has 0 saturated carbocycles. The van der Waals surface area contributed by atoms with E-state index >= 15 is 0 Å². The first kappa shape index (κ1) is 19.1. The van der Waals surface area contributed by atoms with Gasteiger partial charge in [0.15, 0.2) is 0 Å². The number of anilines is 2. The molecule has 3 aromatic carbocycles. The van der Waals surface area contributed by atoms with Gasteiger partial charge in [-0.1, -0.05) is 54.6 Å². The van der Waals surface area contributed by atoms with Crippen LogP contribution < -0.4 is 10.2 Å². The Bertz CT molecular complexity index is 975. The SMILES string of the molecule is Cc1cccc(N2CCN(C(=O)Nc3ccc(-c4ccccc4)cc3)CC2)c1C. The Labute approximate surface area is 172 Å². The number of hydrogen-bond donors (Lipinski definition) is 1. The van der Waals surface area contributed by atoms with Crippen molar-refractivity contribution in [3.63, 3.8) is 0 Å². The number of amides is 2. The van der Waals surface area contributed by atoms with Gasteiger partial charge in [0, 0.05) is 37.6 Å². The minimum atomic E-state index is -0.0296. The summed E-state index contributed by atoms with van der Waals surface area (Å²) in [5.74, 6) is 0. The number of urea groups is 1. The number of carbonyl (C=O) groups excluding carboxylic acids is 1. The third-order valence-electron chi connectivity index (χ3n) is 5.73. The van der Waals surface area contributed by atoms with Crippen LogP contribution in [0.25, 0.3) is 11.1 Å². The predicted octanol–water partition coefficient (Wildman–Crippen LogP) is 5.32. The van der Waals surface area contributed by atoms with Crippen molar-refractivity contribution in [2.24, 2.45) is 0 Å². The maximum atomic E-state index is 12.7. The molecular formula is C25H27N3O. The third kappa shape index (κ3) is 4.27. The van der Waals surface area contributed by atoms with Crippen LogP contribution in [0.2, 0.25) is 0 Å². The Balaban J connectivity index is 1.35. The Morgan fingerprint density at radius 3 is 2.10 bits per heavy atom. The summed E-state index contributed by atoms with van der Waals surface area (Å²) in [4.78, 5) is 17.0. The van der Waals surface area contributed by atoms with E-state index in [4.69, 9.17) is 0 Å². The average molecular weight is 386 g/mol. The second kappa shape index (κ2) is 8.39. The van der Waals surface area contributed by atoms with Crippen LogP contribution in [0.5, 0.6) is 0 Å². The molecule has 4 nitrogen and oxygen atoms in total. The molecule has 29 heavy (non-hydrogen) atoms. The van der Waals surface area contributed by atoms with Gasteiger partial charge in [0.05, 0.1) is 0 Å². The summed E-state index contributed by atoms with van der Waals surface area (Å²) < 4.78 is 0. The highest BCUT2D eigenvalue weighted by molar-refractivity contribution is 5.89. The van der Waals surface area contributed by atoms with Crippen LogP contribution in [0.1, 0.15) is 11.1 Å². The molecule has 2 amide bonds. The van der Waals surface area contributed by atoms with Crippen LogP contribution in [0.3, 0.4) is 0 Å². The van der Waals surface area contributed by atoms with Gasteiger partial charge in [-0.2, -0.15) is 0 Å². The molecule has 3 aromatic rings. The summed E-state index contributed by atoms with van der Waals surface area (Å²) in [5, 5.41) is 3.03.